The van der Waals surface area contributed by atoms with Crippen molar-refractivity contribution in [2.45, 2.75) is 32.2 Å². The molecule has 6 heteroatoms. The van der Waals surface area contributed by atoms with Crippen molar-refractivity contribution in [3.8, 4) is 6.07 Å². The number of carbonyl (C=O) groups excluding carboxylic acids is 2. The highest BCUT2D eigenvalue weighted by Gasteiger charge is 2.38. The van der Waals surface area contributed by atoms with E-state index in [0.717, 1.165) is 0 Å². The van der Waals surface area contributed by atoms with Gasteiger partial charge in [0.25, 0.3) is 0 Å². The Morgan fingerprint density at radius 2 is 2.33 bits per heavy atom. The fraction of sp³-hybridized carbons (Fsp3) is 0.667. The van der Waals surface area contributed by atoms with Crippen LogP contribution < -0.4 is 0 Å². The zero-order valence-electron chi connectivity index (χ0n) is 10.7. The topological polar surface area (TPSA) is 88.8 Å². The number of esters is 2. The van der Waals surface area contributed by atoms with Crippen molar-refractivity contribution >= 4 is 17.7 Å². The van der Waals surface area contributed by atoms with Gasteiger partial charge >= 0.3 is 11.9 Å². The van der Waals surface area contributed by atoms with Gasteiger partial charge in [-0.1, -0.05) is 13.8 Å². The van der Waals surface area contributed by atoms with E-state index in [-0.39, 0.29) is 31.1 Å². The lowest BCUT2D eigenvalue weighted by Gasteiger charge is -2.28. The first-order chi connectivity index (χ1) is 8.44. The maximum Gasteiger partial charge on any atom is 0.352 e. The standard InChI is InChI=1S/C12H16N2O4/c1-8(2)10-11(16)18-7-12(6-13,14-10)5-4-9(15)17-3/h8H,4-5,7H2,1-3H3/t12-/m0/s1. The third-order valence-electron chi connectivity index (χ3n) is 2.71. The van der Waals surface area contributed by atoms with Crippen LogP contribution in [0.3, 0.4) is 0 Å². The summed E-state index contributed by atoms with van der Waals surface area (Å²) in [5, 5.41) is 9.21. The van der Waals surface area contributed by atoms with Crippen molar-refractivity contribution < 1.29 is 19.1 Å². The highest BCUT2D eigenvalue weighted by molar-refractivity contribution is 6.37. The van der Waals surface area contributed by atoms with Crippen molar-refractivity contribution in [1.82, 2.24) is 0 Å². The number of rotatable bonds is 4. The van der Waals surface area contributed by atoms with E-state index in [9.17, 15) is 14.9 Å². The summed E-state index contributed by atoms with van der Waals surface area (Å²) in [6, 6.07) is 2.03. The van der Waals surface area contributed by atoms with Gasteiger partial charge in [-0.15, -0.1) is 0 Å². The molecule has 0 saturated heterocycles. The Balaban J connectivity index is 2.91. The summed E-state index contributed by atoms with van der Waals surface area (Å²) >= 11 is 0. The molecule has 98 valence electrons. The Kier molecular flexibility index (Phi) is 4.43. The largest absolute Gasteiger partial charge is 0.469 e. The van der Waals surface area contributed by atoms with Crippen molar-refractivity contribution in [2.75, 3.05) is 13.7 Å². The van der Waals surface area contributed by atoms with Crippen LogP contribution >= 0.6 is 0 Å². The van der Waals surface area contributed by atoms with Gasteiger partial charge in [0.2, 0.25) is 0 Å². The SMILES string of the molecule is COC(=O)CC[C@]1(C#N)COC(=O)C(C(C)C)=N1. The molecule has 0 unspecified atom stereocenters. The zero-order chi connectivity index (χ0) is 13.8. The molecule has 0 spiro atoms. The molecule has 1 heterocycles. The quantitative estimate of drug-likeness (QED) is 0.692. The summed E-state index contributed by atoms with van der Waals surface area (Å²) in [7, 11) is 1.28. The van der Waals surface area contributed by atoms with E-state index < -0.39 is 17.5 Å². The van der Waals surface area contributed by atoms with Crippen LogP contribution in [0.5, 0.6) is 0 Å². The Hall–Kier alpha value is -1.90. The predicted molar refractivity (Wildman–Crippen MR) is 62.8 cm³/mol. The van der Waals surface area contributed by atoms with E-state index in [2.05, 4.69) is 9.73 Å². The van der Waals surface area contributed by atoms with Crippen LogP contribution in [0.4, 0.5) is 0 Å². The van der Waals surface area contributed by atoms with Crippen LogP contribution in [-0.2, 0) is 19.1 Å². The molecule has 6 nitrogen and oxygen atoms in total. The van der Waals surface area contributed by atoms with E-state index in [0.29, 0.717) is 0 Å². The maximum atomic E-state index is 11.5. The van der Waals surface area contributed by atoms with Gasteiger partial charge in [0.15, 0.2) is 5.54 Å². The molecule has 0 aromatic heterocycles. The molecule has 0 radical (unpaired) electrons. The first-order valence-corrected chi connectivity index (χ1v) is 5.69. The molecule has 1 aliphatic rings. The summed E-state index contributed by atoms with van der Waals surface area (Å²) in [5.41, 5.74) is -0.922. The van der Waals surface area contributed by atoms with E-state index in [4.69, 9.17) is 4.74 Å². The summed E-state index contributed by atoms with van der Waals surface area (Å²) < 4.78 is 9.50. The van der Waals surface area contributed by atoms with Gasteiger partial charge in [-0.3, -0.25) is 9.79 Å². The summed E-state index contributed by atoms with van der Waals surface area (Å²) in [4.78, 5) is 26.8. The second-order valence-electron chi connectivity index (χ2n) is 4.45. The molecule has 1 atom stereocenters. The fourth-order valence-electron chi connectivity index (χ4n) is 1.58. The molecule has 0 amide bonds. The Labute approximate surface area is 106 Å². The Morgan fingerprint density at radius 1 is 1.67 bits per heavy atom. The molecule has 0 aromatic carbocycles. The fourth-order valence-corrected chi connectivity index (χ4v) is 1.58. The highest BCUT2D eigenvalue weighted by atomic mass is 16.5. The number of ether oxygens (including phenoxy) is 2. The molecule has 0 N–H and O–H groups in total. The second kappa shape index (κ2) is 5.63. The van der Waals surface area contributed by atoms with Crippen molar-refractivity contribution in [3.63, 3.8) is 0 Å². The first-order valence-electron chi connectivity index (χ1n) is 5.69. The van der Waals surface area contributed by atoms with Gasteiger partial charge in [0.1, 0.15) is 12.3 Å². The number of methoxy groups -OCH3 is 1. The van der Waals surface area contributed by atoms with Gasteiger partial charge in [-0.25, -0.2) is 4.79 Å². The Morgan fingerprint density at radius 3 is 2.83 bits per heavy atom. The third kappa shape index (κ3) is 3.06. The minimum absolute atomic E-state index is 0.0660. The molecule has 1 aliphatic heterocycles. The summed E-state index contributed by atoms with van der Waals surface area (Å²) in [5.74, 6) is -1.03. The smallest absolute Gasteiger partial charge is 0.352 e. The monoisotopic (exact) mass is 252 g/mol. The van der Waals surface area contributed by atoms with Gasteiger partial charge in [-0.05, 0) is 6.42 Å². The number of nitrogens with zero attached hydrogens (tertiary/aromatic N) is 2. The summed E-state index contributed by atoms with van der Waals surface area (Å²) in [6.45, 7) is 3.48. The van der Waals surface area contributed by atoms with E-state index in [1.807, 2.05) is 6.07 Å². The van der Waals surface area contributed by atoms with E-state index in [1.54, 1.807) is 13.8 Å². The molecule has 1 rings (SSSR count). The van der Waals surface area contributed by atoms with Crippen LogP contribution in [0.1, 0.15) is 26.7 Å². The average molecular weight is 252 g/mol. The zero-order valence-corrected chi connectivity index (χ0v) is 10.7. The molecule has 0 saturated carbocycles. The van der Waals surface area contributed by atoms with Crippen molar-refractivity contribution in [1.29, 1.82) is 5.26 Å². The van der Waals surface area contributed by atoms with Gasteiger partial charge in [0.05, 0.1) is 13.2 Å². The minimum atomic E-state index is -1.16. The molecule has 0 aliphatic carbocycles. The second-order valence-corrected chi connectivity index (χ2v) is 4.45. The first kappa shape index (κ1) is 14.2. The predicted octanol–water partition coefficient (Wildman–Crippen LogP) is 0.856. The average Bonchev–Trinajstić information content (AvgIpc) is 2.37. The van der Waals surface area contributed by atoms with E-state index >= 15 is 0 Å². The van der Waals surface area contributed by atoms with Crippen molar-refractivity contribution in [3.05, 3.63) is 0 Å². The lowest BCUT2D eigenvalue weighted by atomic mass is 9.94. The molecular formula is C12H16N2O4. The van der Waals surface area contributed by atoms with Gasteiger partial charge in [0, 0.05) is 12.3 Å². The van der Waals surface area contributed by atoms with E-state index in [1.165, 1.54) is 7.11 Å². The van der Waals surface area contributed by atoms with Crippen LogP contribution in [-0.4, -0.2) is 36.9 Å². The number of cyclic esters (lactones) is 1. The third-order valence-corrected chi connectivity index (χ3v) is 2.71. The number of nitriles is 1. The van der Waals surface area contributed by atoms with Gasteiger partial charge < -0.3 is 9.47 Å². The van der Waals surface area contributed by atoms with Crippen LogP contribution in [0.2, 0.25) is 0 Å². The maximum absolute atomic E-state index is 11.5. The normalized spacial score (nSPS) is 23.1. The molecule has 0 aromatic rings. The number of hydrogen-bond acceptors (Lipinski definition) is 6. The Bertz CT molecular complexity index is 422. The highest BCUT2D eigenvalue weighted by Crippen LogP contribution is 2.24. The number of carbonyl (C=O) groups is 2. The minimum Gasteiger partial charge on any atom is -0.469 e. The molecule has 18 heavy (non-hydrogen) atoms. The van der Waals surface area contributed by atoms with Crippen LogP contribution in [0, 0.1) is 17.2 Å². The van der Waals surface area contributed by atoms with Crippen molar-refractivity contribution in [2.24, 2.45) is 10.9 Å². The van der Waals surface area contributed by atoms with Crippen LogP contribution in [0.25, 0.3) is 0 Å². The molecule has 0 fully saturated rings. The lowest BCUT2D eigenvalue weighted by molar-refractivity contribution is -0.141. The van der Waals surface area contributed by atoms with Crippen LogP contribution in [0.15, 0.2) is 4.99 Å². The van der Waals surface area contributed by atoms with Gasteiger partial charge in [-0.2, -0.15) is 5.26 Å². The number of aliphatic imine (C=N–C) groups is 1. The lowest BCUT2D eigenvalue weighted by Crippen LogP contribution is -2.42. The number of hydrogen-bond donors (Lipinski definition) is 0. The summed E-state index contributed by atoms with van der Waals surface area (Å²) in [6.07, 6.45) is 0.246. The molecule has 0 bridgehead atoms. The molecular weight excluding hydrogens is 236 g/mol.